The molecule has 5 heteroatoms. The Kier molecular flexibility index (Phi) is 4.04. The fraction of sp³-hybridized carbons (Fsp3) is 0.538. The quantitative estimate of drug-likeness (QED) is 0.854. The van der Waals surface area contributed by atoms with Crippen LogP contribution in [0.5, 0.6) is 0 Å². The fourth-order valence-corrected chi connectivity index (χ4v) is 4.14. The summed E-state index contributed by atoms with van der Waals surface area (Å²) in [7, 11) is -3.39. The Labute approximate surface area is 109 Å². The van der Waals surface area contributed by atoms with Crippen LogP contribution in [0.15, 0.2) is 29.2 Å². The predicted molar refractivity (Wildman–Crippen MR) is 71.5 cm³/mol. The molecule has 1 aliphatic rings. The molecule has 0 aromatic heterocycles. The van der Waals surface area contributed by atoms with E-state index in [-0.39, 0.29) is 12.6 Å². The predicted octanol–water partition coefficient (Wildman–Crippen LogP) is 1.71. The molecule has 0 aliphatic heterocycles. The highest BCUT2D eigenvalue weighted by Crippen LogP contribution is 2.33. The lowest BCUT2D eigenvalue weighted by molar-refractivity contribution is 0.403. The van der Waals surface area contributed by atoms with Crippen molar-refractivity contribution in [1.29, 1.82) is 0 Å². The van der Waals surface area contributed by atoms with Gasteiger partial charge in [0.2, 0.25) is 10.0 Å². The van der Waals surface area contributed by atoms with Crippen LogP contribution in [0.4, 0.5) is 0 Å². The lowest BCUT2D eigenvalue weighted by Gasteiger charge is -2.22. The molecule has 18 heavy (non-hydrogen) atoms. The van der Waals surface area contributed by atoms with Crippen LogP contribution in [-0.2, 0) is 16.6 Å². The maximum atomic E-state index is 12.7. The third-order valence-electron chi connectivity index (χ3n) is 3.18. The average molecular weight is 268 g/mol. The monoisotopic (exact) mass is 268 g/mol. The van der Waals surface area contributed by atoms with Crippen LogP contribution in [0.25, 0.3) is 0 Å². The Morgan fingerprint density at radius 3 is 2.56 bits per heavy atom. The molecule has 1 saturated carbocycles. The van der Waals surface area contributed by atoms with Crippen molar-refractivity contribution in [3.05, 3.63) is 29.8 Å². The highest BCUT2D eigenvalue weighted by Gasteiger charge is 2.37. The maximum Gasteiger partial charge on any atom is 0.243 e. The molecule has 1 aromatic carbocycles. The van der Waals surface area contributed by atoms with Crippen LogP contribution in [0.2, 0.25) is 0 Å². The van der Waals surface area contributed by atoms with E-state index in [0.717, 1.165) is 19.3 Å². The Balaban J connectivity index is 2.39. The number of benzene rings is 1. The van der Waals surface area contributed by atoms with E-state index in [4.69, 9.17) is 5.73 Å². The van der Waals surface area contributed by atoms with Crippen molar-refractivity contribution in [2.24, 2.45) is 5.73 Å². The first-order chi connectivity index (χ1) is 8.61. The van der Waals surface area contributed by atoms with Crippen molar-refractivity contribution in [1.82, 2.24) is 4.31 Å². The van der Waals surface area contributed by atoms with E-state index in [1.165, 1.54) is 0 Å². The van der Waals surface area contributed by atoms with Gasteiger partial charge in [0.05, 0.1) is 4.90 Å². The molecule has 0 heterocycles. The van der Waals surface area contributed by atoms with Crippen LogP contribution in [0.3, 0.4) is 0 Å². The van der Waals surface area contributed by atoms with Crippen molar-refractivity contribution < 1.29 is 8.42 Å². The van der Waals surface area contributed by atoms with Crippen LogP contribution < -0.4 is 5.73 Å². The number of sulfonamides is 1. The summed E-state index contributed by atoms with van der Waals surface area (Å²) < 4.78 is 26.9. The van der Waals surface area contributed by atoms with Gasteiger partial charge in [0.15, 0.2) is 0 Å². The summed E-state index contributed by atoms with van der Waals surface area (Å²) in [5.41, 5.74) is 6.32. The van der Waals surface area contributed by atoms with Gasteiger partial charge in [0, 0.05) is 19.1 Å². The SMILES string of the molecule is CCCN(C1CC1)S(=O)(=O)c1ccccc1CN. The maximum absolute atomic E-state index is 12.7. The smallest absolute Gasteiger partial charge is 0.243 e. The summed E-state index contributed by atoms with van der Waals surface area (Å²) in [6.45, 7) is 2.84. The first kappa shape index (κ1) is 13.5. The molecule has 1 fully saturated rings. The van der Waals surface area contributed by atoms with Crippen molar-refractivity contribution in [3.63, 3.8) is 0 Å². The normalized spacial score (nSPS) is 16.2. The third-order valence-corrected chi connectivity index (χ3v) is 5.23. The lowest BCUT2D eigenvalue weighted by atomic mass is 10.2. The second-order valence-corrected chi connectivity index (χ2v) is 6.52. The number of rotatable bonds is 6. The van der Waals surface area contributed by atoms with Gasteiger partial charge in [-0.2, -0.15) is 4.31 Å². The minimum atomic E-state index is -3.39. The zero-order chi connectivity index (χ0) is 13.2. The molecule has 100 valence electrons. The summed E-state index contributed by atoms with van der Waals surface area (Å²) in [6.07, 6.45) is 2.79. The molecule has 1 aliphatic carbocycles. The summed E-state index contributed by atoms with van der Waals surface area (Å²) in [5, 5.41) is 0. The number of nitrogens with two attached hydrogens (primary N) is 1. The zero-order valence-corrected chi connectivity index (χ0v) is 11.5. The van der Waals surface area contributed by atoms with E-state index in [0.29, 0.717) is 17.0 Å². The second kappa shape index (κ2) is 5.38. The molecule has 4 nitrogen and oxygen atoms in total. The summed E-state index contributed by atoms with van der Waals surface area (Å²) in [6, 6.07) is 7.21. The first-order valence-electron chi connectivity index (χ1n) is 6.41. The van der Waals surface area contributed by atoms with Gasteiger partial charge in [-0.25, -0.2) is 8.42 Å². The van der Waals surface area contributed by atoms with Gasteiger partial charge in [0.25, 0.3) is 0 Å². The van der Waals surface area contributed by atoms with Crippen molar-refractivity contribution in [2.45, 2.75) is 43.7 Å². The largest absolute Gasteiger partial charge is 0.326 e. The van der Waals surface area contributed by atoms with E-state index < -0.39 is 10.0 Å². The van der Waals surface area contributed by atoms with Gasteiger partial charge in [-0.3, -0.25) is 0 Å². The number of hydrogen-bond donors (Lipinski definition) is 1. The van der Waals surface area contributed by atoms with E-state index in [9.17, 15) is 8.42 Å². The fourth-order valence-electron chi connectivity index (χ4n) is 2.13. The van der Waals surface area contributed by atoms with E-state index in [1.54, 1.807) is 22.5 Å². The average Bonchev–Trinajstić information content (AvgIpc) is 3.19. The van der Waals surface area contributed by atoms with Gasteiger partial charge >= 0.3 is 0 Å². The molecule has 0 bridgehead atoms. The second-order valence-electron chi connectivity index (χ2n) is 4.66. The molecule has 0 atom stereocenters. The Morgan fingerprint density at radius 1 is 1.33 bits per heavy atom. The van der Waals surface area contributed by atoms with E-state index in [2.05, 4.69) is 0 Å². The van der Waals surface area contributed by atoms with Crippen LogP contribution in [-0.4, -0.2) is 25.3 Å². The van der Waals surface area contributed by atoms with Crippen molar-refractivity contribution in [2.75, 3.05) is 6.54 Å². The number of hydrogen-bond acceptors (Lipinski definition) is 3. The highest BCUT2D eigenvalue weighted by atomic mass is 32.2. The van der Waals surface area contributed by atoms with Gasteiger partial charge < -0.3 is 5.73 Å². The molecule has 2 rings (SSSR count). The molecular formula is C13H20N2O2S. The Morgan fingerprint density at radius 2 is 2.00 bits per heavy atom. The number of nitrogens with zero attached hydrogens (tertiary/aromatic N) is 1. The highest BCUT2D eigenvalue weighted by molar-refractivity contribution is 7.89. The molecule has 0 spiro atoms. The van der Waals surface area contributed by atoms with Crippen molar-refractivity contribution in [3.8, 4) is 0 Å². The zero-order valence-electron chi connectivity index (χ0n) is 10.7. The minimum Gasteiger partial charge on any atom is -0.326 e. The molecule has 1 aromatic rings. The molecule has 0 radical (unpaired) electrons. The van der Waals surface area contributed by atoms with Crippen molar-refractivity contribution >= 4 is 10.0 Å². The minimum absolute atomic E-state index is 0.195. The third kappa shape index (κ3) is 2.58. The summed E-state index contributed by atoms with van der Waals surface area (Å²) >= 11 is 0. The summed E-state index contributed by atoms with van der Waals surface area (Å²) in [4.78, 5) is 0.368. The van der Waals surface area contributed by atoms with E-state index >= 15 is 0 Å². The standard InChI is InChI=1S/C13H20N2O2S/c1-2-9-15(12-7-8-12)18(16,17)13-6-4-3-5-11(13)10-14/h3-6,12H,2,7-10,14H2,1H3. The van der Waals surface area contributed by atoms with Gasteiger partial charge in [0.1, 0.15) is 0 Å². The molecule has 0 unspecified atom stereocenters. The van der Waals surface area contributed by atoms with Crippen LogP contribution >= 0.6 is 0 Å². The van der Waals surface area contributed by atoms with Crippen LogP contribution in [0, 0.1) is 0 Å². The molecule has 0 saturated heterocycles. The summed E-state index contributed by atoms with van der Waals surface area (Å²) in [5.74, 6) is 0. The Bertz CT molecular complexity index is 509. The first-order valence-corrected chi connectivity index (χ1v) is 7.85. The van der Waals surface area contributed by atoms with Gasteiger partial charge in [-0.1, -0.05) is 25.1 Å². The van der Waals surface area contributed by atoms with Gasteiger partial charge in [-0.15, -0.1) is 0 Å². The molecule has 2 N–H and O–H groups in total. The Hall–Kier alpha value is -0.910. The molecular weight excluding hydrogens is 248 g/mol. The van der Waals surface area contributed by atoms with E-state index in [1.807, 2.05) is 13.0 Å². The topological polar surface area (TPSA) is 63.4 Å². The van der Waals surface area contributed by atoms with Crippen LogP contribution in [0.1, 0.15) is 31.7 Å². The van der Waals surface area contributed by atoms with Gasteiger partial charge in [-0.05, 0) is 30.9 Å². The lowest BCUT2D eigenvalue weighted by Crippen LogP contribution is -2.34. The molecule has 0 amide bonds.